The maximum atomic E-state index is 12.2. The van der Waals surface area contributed by atoms with Gasteiger partial charge in [0, 0.05) is 18.7 Å². The molecule has 114 valence electrons. The Morgan fingerprint density at radius 1 is 1.24 bits per heavy atom. The molecular formula is C14H18N2O5. The van der Waals surface area contributed by atoms with Gasteiger partial charge in [-0.3, -0.25) is 14.4 Å². The van der Waals surface area contributed by atoms with E-state index >= 15 is 0 Å². The number of carboxylic acid groups (broad SMARTS) is 1. The highest BCUT2D eigenvalue weighted by molar-refractivity contribution is 5.94. The van der Waals surface area contributed by atoms with Crippen LogP contribution in [0.3, 0.4) is 0 Å². The number of carbonyl (C=O) groups excluding carboxylic acids is 2. The zero-order valence-electron chi connectivity index (χ0n) is 11.7. The van der Waals surface area contributed by atoms with Crippen LogP contribution in [0.15, 0.2) is 24.3 Å². The summed E-state index contributed by atoms with van der Waals surface area (Å²) in [5, 5.41) is 8.66. The Kier molecular flexibility index (Phi) is 6.19. The van der Waals surface area contributed by atoms with Crippen molar-refractivity contribution >= 4 is 17.8 Å². The van der Waals surface area contributed by atoms with Crippen LogP contribution >= 0.6 is 0 Å². The van der Waals surface area contributed by atoms with Crippen LogP contribution in [-0.4, -0.2) is 47.5 Å². The molecule has 7 heteroatoms. The Morgan fingerprint density at radius 2 is 1.86 bits per heavy atom. The maximum Gasteiger partial charge on any atom is 0.305 e. The van der Waals surface area contributed by atoms with E-state index in [0.717, 1.165) is 0 Å². The average Bonchev–Trinajstić information content (AvgIpc) is 2.45. The number of primary amides is 1. The number of hydrogen-bond acceptors (Lipinski definition) is 4. The molecule has 0 fully saturated rings. The topological polar surface area (TPSA) is 110 Å². The van der Waals surface area contributed by atoms with Crippen molar-refractivity contribution in [3.63, 3.8) is 0 Å². The predicted molar refractivity (Wildman–Crippen MR) is 75.0 cm³/mol. The van der Waals surface area contributed by atoms with Crippen molar-refractivity contribution < 1.29 is 24.2 Å². The molecule has 1 aromatic rings. The minimum Gasteiger partial charge on any atom is -0.484 e. The zero-order valence-corrected chi connectivity index (χ0v) is 11.7. The molecular weight excluding hydrogens is 276 g/mol. The molecule has 0 spiro atoms. The van der Waals surface area contributed by atoms with E-state index in [9.17, 15) is 14.4 Å². The second-order valence-electron chi connectivity index (χ2n) is 4.31. The summed E-state index contributed by atoms with van der Waals surface area (Å²) in [6, 6.07) is 6.23. The third kappa shape index (κ3) is 5.52. The molecule has 0 bridgehead atoms. The van der Waals surface area contributed by atoms with Crippen LogP contribution in [0.2, 0.25) is 0 Å². The summed E-state index contributed by atoms with van der Waals surface area (Å²) in [5.74, 6) is -1.35. The van der Waals surface area contributed by atoms with E-state index in [1.807, 2.05) is 0 Å². The van der Waals surface area contributed by atoms with Gasteiger partial charge in [-0.05, 0) is 31.2 Å². The van der Waals surface area contributed by atoms with Crippen molar-refractivity contribution in [2.24, 2.45) is 5.73 Å². The normalized spacial score (nSPS) is 9.95. The van der Waals surface area contributed by atoms with Crippen LogP contribution in [0.5, 0.6) is 5.75 Å². The molecule has 1 aromatic carbocycles. The smallest absolute Gasteiger partial charge is 0.305 e. The Labute approximate surface area is 122 Å². The first-order chi connectivity index (χ1) is 9.93. The van der Waals surface area contributed by atoms with Crippen molar-refractivity contribution in [3.8, 4) is 5.75 Å². The molecule has 0 aromatic heterocycles. The van der Waals surface area contributed by atoms with E-state index in [-0.39, 0.29) is 25.5 Å². The molecule has 0 radical (unpaired) electrons. The van der Waals surface area contributed by atoms with Gasteiger partial charge in [0.1, 0.15) is 5.75 Å². The van der Waals surface area contributed by atoms with Gasteiger partial charge in [-0.15, -0.1) is 0 Å². The average molecular weight is 294 g/mol. The number of rotatable bonds is 8. The SMILES string of the molecule is CCN(CCC(=O)O)C(=O)c1ccc(OCC(N)=O)cc1. The molecule has 21 heavy (non-hydrogen) atoms. The number of nitrogens with zero attached hydrogens (tertiary/aromatic N) is 1. The number of carboxylic acids is 1. The third-order valence-electron chi connectivity index (χ3n) is 2.75. The molecule has 1 rings (SSSR count). The highest BCUT2D eigenvalue weighted by atomic mass is 16.5. The maximum absolute atomic E-state index is 12.2. The lowest BCUT2D eigenvalue weighted by atomic mass is 10.2. The first-order valence-electron chi connectivity index (χ1n) is 6.46. The van der Waals surface area contributed by atoms with E-state index in [0.29, 0.717) is 17.9 Å². The van der Waals surface area contributed by atoms with Crippen molar-refractivity contribution in [1.29, 1.82) is 0 Å². The molecule has 2 amide bonds. The van der Waals surface area contributed by atoms with Crippen LogP contribution in [0.1, 0.15) is 23.7 Å². The van der Waals surface area contributed by atoms with Gasteiger partial charge in [-0.2, -0.15) is 0 Å². The summed E-state index contributed by atoms with van der Waals surface area (Å²) in [4.78, 5) is 34.8. The summed E-state index contributed by atoms with van der Waals surface area (Å²) >= 11 is 0. The Balaban J connectivity index is 2.68. The van der Waals surface area contributed by atoms with Gasteiger partial charge in [-0.1, -0.05) is 0 Å². The summed E-state index contributed by atoms with van der Waals surface area (Å²) < 4.78 is 5.09. The molecule has 0 unspecified atom stereocenters. The predicted octanol–water partition coefficient (Wildman–Crippen LogP) is 0.488. The highest BCUT2D eigenvalue weighted by Gasteiger charge is 2.15. The van der Waals surface area contributed by atoms with Crippen LogP contribution in [0.25, 0.3) is 0 Å². The van der Waals surface area contributed by atoms with Crippen LogP contribution in [-0.2, 0) is 9.59 Å². The van der Waals surface area contributed by atoms with Gasteiger partial charge in [-0.25, -0.2) is 0 Å². The number of amides is 2. The third-order valence-corrected chi connectivity index (χ3v) is 2.75. The van der Waals surface area contributed by atoms with E-state index in [1.165, 1.54) is 4.90 Å². The molecule has 0 aliphatic carbocycles. The minimum atomic E-state index is -0.948. The lowest BCUT2D eigenvalue weighted by Crippen LogP contribution is -2.32. The summed E-state index contributed by atoms with van der Waals surface area (Å²) in [7, 11) is 0. The zero-order chi connectivity index (χ0) is 15.8. The number of carbonyl (C=O) groups is 3. The molecule has 3 N–H and O–H groups in total. The first-order valence-corrected chi connectivity index (χ1v) is 6.46. The molecule has 0 heterocycles. The minimum absolute atomic E-state index is 0.0978. The largest absolute Gasteiger partial charge is 0.484 e. The number of nitrogens with two attached hydrogens (primary N) is 1. The van der Waals surface area contributed by atoms with Gasteiger partial charge in [0.15, 0.2) is 6.61 Å². The second-order valence-corrected chi connectivity index (χ2v) is 4.31. The van der Waals surface area contributed by atoms with E-state index in [2.05, 4.69) is 0 Å². The summed E-state index contributed by atoms with van der Waals surface area (Å²) in [5.41, 5.74) is 5.39. The van der Waals surface area contributed by atoms with Crippen LogP contribution in [0.4, 0.5) is 0 Å². The standard InChI is InChI=1S/C14H18N2O5/c1-2-16(8-7-13(18)19)14(20)10-3-5-11(6-4-10)21-9-12(15)17/h3-6H,2,7-9H2,1H3,(H2,15,17)(H,18,19). The van der Waals surface area contributed by atoms with Crippen molar-refractivity contribution in [2.45, 2.75) is 13.3 Å². The van der Waals surface area contributed by atoms with Crippen molar-refractivity contribution in [3.05, 3.63) is 29.8 Å². The van der Waals surface area contributed by atoms with Crippen LogP contribution in [0, 0.1) is 0 Å². The Morgan fingerprint density at radius 3 is 2.33 bits per heavy atom. The van der Waals surface area contributed by atoms with Gasteiger partial charge in [0.05, 0.1) is 6.42 Å². The fourth-order valence-corrected chi connectivity index (χ4v) is 1.66. The molecule has 0 saturated heterocycles. The van der Waals surface area contributed by atoms with Crippen LogP contribution < -0.4 is 10.5 Å². The fraction of sp³-hybridized carbons (Fsp3) is 0.357. The summed E-state index contributed by atoms with van der Waals surface area (Å²) in [6.45, 7) is 2.13. The van der Waals surface area contributed by atoms with E-state index in [1.54, 1.807) is 31.2 Å². The van der Waals surface area contributed by atoms with Gasteiger partial charge in [0.25, 0.3) is 11.8 Å². The lowest BCUT2D eigenvalue weighted by molar-refractivity contribution is -0.137. The molecule has 0 aliphatic rings. The number of benzene rings is 1. The summed E-state index contributed by atoms with van der Waals surface area (Å²) in [6.07, 6.45) is -0.0978. The molecule has 0 aliphatic heterocycles. The van der Waals surface area contributed by atoms with Gasteiger partial charge >= 0.3 is 5.97 Å². The number of ether oxygens (including phenoxy) is 1. The molecule has 0 atom stereocenters. The monoisotopic (exact) mass is 294 g/mol. The second kappa shape index (κ2) is 7.88. The quantitative estimate of drug-likeness (QED) is 0.725. The van der Waals surface area contributed by atoms with Gasteiger partial charge < -0.3 is 20.5 Å². The van der Waals surface area contributed by atoms with E-state index in [4.69, 9.17) is 15.6 Å². The first kappa shape index (κ1) is 16.5. The lowest BCUT2D eigenvalue weighted by Gasteiger charge is -2.20. The fourth-order valence-electron chi connectivity index (χ4n) is 1.66. The molecule has 0 saturated carbocycles. The Bertz CT molecular complexity index is 513. The van der Waals surface area contributed by atoms with E-state index < -0.39 is 11.9 Å². The number of hydrogen-bond donors (Lipinski definition) is 2. The Hall–Kier alpha value is -2.57. The number of aliphatic carboxylic acids is 1. The molecule has 7 nitrogen and oxygen atoms in total. The highest BCUT2D eigenvalue weighted by Crippen LogP contribution is 2.14. The van der Waals surface area contributed by atoms with Crippen molar-refractivity contribution in [2.75, 3.05) is 19.7 Å². The van der Waals surface area contributed by atoms with Crippen molar-refractivity contribution in [1.82, 2.24) is 4.90 Å². The van der Waals surface area contributed by atoms with Gasteiger partial charge in [0.2, 0.25) is 0 Å².